The summed E-state index contributed by atoms with van der Waals surface area (Å²) in [4.78, 5) is 24.7. The number of thiophene rings is 1. The molecule has 0 radical (unpaired) electrons. The van der Waals surface area contributed by atoms with Gasteiger partial charge in [-0.3, -0.25) is 9.59 Å². The fraction of sp³-hybridized carbons (Fsp3) is 0.158. The Kier molecular flexibility index (Phi) is 4.80. The summed E-state index contributed by atoms with van der Waals surface area (Å²) in [6.45, 7) is 1.88. The van der Waals surface area contributed by atoms with E-state index < -0.39 is 0 Å². The topological polar surface area (TPSA) is 58.2 Å². The Hall–Kier alpha value is -1.79. The van der Waals surface area contributed by atoms with Crippen molar-refractivity contribution in [1.29, 1.82) is 0 Å². The first-order chi connectivity index (χ1) is 12.8. The molecule has 1 unspecified atom stereocenters. The number of benzene rings is 2. The molecule has 0 saturated carbocycles. The maximum atomic E-state index is 12.8. The van der Waals surface area contributed by atoms with Crippen LogP contribution >= 0.6 is 46.1 Å². The Labute approximate surface area is 174 Å². The molecule has 1 aromatic heterocycles. The van der Waals surface area contributed by atoms with Gasteiger partial charge in [-0.25, -0.2) is 0 Å². The maximum Gasteiger partial charge on any atom is 0.263 e. The normalized spacial score (nSPS) is 14.1. The van der Waals surface area contributed by atoms with Crippen molar-refractivity contribution in [3.05, 3.63) is 61.4 Å². The Morgan fingerprint density at radius 1 is 1.22 bits per heavy atom. The first kappa shape index (κ1) is 18.6. The molecule has 0 saturated heterocycles. The van der Waals surface area contributed by atoms with Crippen LogP contribution in [0.5, 0.6) is 0 Å². The molecule has 0 spiro atoms. The van der Waals surface area contributed by atoms with Crippen LogP contribution in [0.25, 0.3) is 10.1 Å². The second-order valence-electron chi connectivity index (χ2n) is 6.34. The fourth-order valence-corrected chi connectivity index (χ4v) is 5.40. The van der Waals surface area contributed by atoms with Gasteiger partial charge in [0.25, 0.3) is 5.91 Å². The molecule has 2 amide bonds. The maximum absolute atomic E-state index is 12.8. The van der Waals surface area contributed by atoms with Crippen LogP contribution in [0.2, 0.25) is 15.1 Å². The SMILES string of the molecule is CC(NC(=O)c1sc2cc(Cl)cc(Cl)c2c1Cl)c1ccc2c(c1)CC(=O)N2. The average molecular weight is 440 g/mol. The van der Waals surface area contributed by atoms with E-state index in [0.717, 1.165) is 21.5 Å². The molecule has 0 bridgehead atoms. The highest BCUT2D eigenvalue weighted by molar-refractivity contribution is 7.21. The predicted molar refractivity (Wildman–Crippen MR) is 112 cm³/mol. The van der Waals surface area contributed by atoms with E-state index in [-0.39, 0.29) is 17.9 Å². The molecule has 0 aliphatic carbocycles. The minimum absolute atomic E-state index is 0.0218. The minimum Gasteiger partial charge on any atom is -0.345 e. The Balaban J connectivity index is 1.60. The Bertz CT molecular complexity index is 1110. The van der Waals surface area contributed by atoms with Gasteiger partial charge in [0, 0.05) is 20.8 Å². The van der Waals surface area contributed by atoms with Gasteiger partial charge >= 0.3 is 0 Å². The molecule has 3 aromatic rings. The zero-order valence-corrected chi connectivity index (χ0v) is 17.1. The lowest BCUT2D eigenvalue weighted by molar-refractivity contribution is -0.115. The summed E-state index contributed by atoms with van der Waals surface area (Å²) >= 11 is 19.9. The van der Waals surface area contributed by atoms with E-state index in [1.165, 1.54) is 11.3 Å². The Morgan fingerprint density at radius 2 is 2.00 bits per heavy atom. The molecule has 138 valence electrons. The van der Waals surface area contributed by atoms with Crippen LogP contribution in [0, 0.1) is 0 Å². The van der Waals surface area contributed by atoms with Crippen LogP contribution in [0.15, 0.2) is 30.3 Å². The number of fused-ring (bicyclic) bond motifs is 2. The number of anilines is 1. The van der Waals surface area contributed by atoms with Gasteiger partial charge in [0.05, 0.1) is 22.5 Å². The molecule has 0 fully saturated rings. The van der Waals surface area contributed by atoms with Crippen LogP contribution in [-0.4, -0.2) is 11.8 Å². The molecular formula is C19H13Cl3N2O2S. The van der Waals surface area contributed by atoms with Gasteiger partial charge in [0.1, 0.15) is 4.88 Å². The molecule has 2 aromatic carbocycles. The van der Waals surface area contributed by atoms with E-state index in [4.69, 9.17) is 34.8 Å². The van der Waals surface area contributed by atoms with E-state index in [9.17, 15) is 9.59 Å². The van der Waals surface area contributed by atoms with Crippen LogP contribution in [0.3, 0.4) is 0 Å². The Morgan fingerprint density at radius 3 is 2.78 bits per heavy atom. The molecule has 1 atom stereocenters. The molecule has 27 heavy (non-hydrogen) atoms. The second kappa shape index (κ2) is 6.99. The number of hydrogen-bond acceptors (Lipinski definition) is 3. The van der Waals surface area contributed by atoms with Gasteiger partial charge in [-0.1, -0.05) is 46.9 Å². The summed E-state index contributed by atoms with van der Waals surface area (Å²) in [5.74, 6) is -0.304. The van der Waals surface area contributed by atoms with E-state index in [1.807, 2.05) is 25.1 Å². The highest BCUT2D eigenvalue weighted by atomic mass is 35.5. The number of rotatable bonds is 3. The standard InChI is InChI=1S/C19H13Cl3N2O2S/c1-8(9-2-3-13-10(4-9)5-15(25)24-13)23-19(26)18-17(22)16-12(21)6-11(20)7-14(16)27-18/h2-4,6-8H,5H2,1H3,(H,23,26)(H,24,25). The number of hydrogen-bond donors (Lipinski definition) is 2. The minimum atomic E-state index is -0.282. The van der Waals surface area contributed by atoms with Gasteiger partial charge in [-0.05, 0) is 36.2 Å². The van der Waals surface area contributed by atoms with Gasteiger partial charge in [0.2, 0.25) is 5.91 Å². The quantitative estimate of drug-likeness (QED) is 0.538. The van der Waals surface area contributed by atoms with Gasteiger partial charge in [0.15, 0.2) is 0 Å². The summed E-state index contributed by atoms with van der Waals surface area (Å²) in [7, 11) is 0. The third kappa shape index (κ3) is 3.41. The first-order valence-electron chi connectivity index (χ1n) is 8.14. The van der Waals surface area contributed by atoms with Crippen molar-refractivity contribution in [3.63, 3.8) is 0 Å². The van der Waals surface area contributed by atoms with Gasteiger partial charge in [-0.2, -0.15) is 0 Å². The van der Waals surface area contributed by atoms with E-state index in [1.54, 1.807) is 12.1 Å². The zero-order chi connectivity index (χ0) is 19.3. The van der Waals surface area contributed by atoms with Crippen LogP contribution in [0.4, 0.5) is 5.69 Å². The molecule has 2 N–H and O–H groups in total. The summed E-state index contributed by atoms with van der Waals surface area (Å²) in [6.07, 6.45) is 0.352. The van der Waals surface area contributed by atoms with Crippen molar-refractivity contribution >= 4 is 73.7 Å². The van der Waals surface area contributed by atoms with E-state index >= 15 is 0 Å². The van der Waals surface area contributed by atoms with Crippen LogP contribution in [0.1, 0.15) is 33.8 Å². The highest BCUT2D eigenvalue weighted by Crippen LogP contribution is 2.41. The fourth-order valence-electron chi connectivity index (χ4n) is 3.12. The van der Waals surface area contributed by atoms with Crippen molar-refractivity contribution in [2.45, 2.75) is 19.4 Å². The van der Waals surface area contributed by atoms with Crippen molar-refractivity contribution < 1.29 is 9.59 Å². The predicted octanol–water partition coefficient (Wildman–Crippen LogP) is 5.85. The average Bonchev–Trinajstić information content (AvgIpc) is 3.12. The smallest absolute Gasteiger partial charge is 0.263 e. The number of carbonyl (C=O) groups is 2. The van der Waals surface area contributed by atoms with Crippen LogP contribution < -0.4 is 10.6 Å². The summed E-state index contributed by atoms with van der Waals surface area (Å²) < 4.78 is 0.762. The van der Waals surface area contributed by atoms with Crippen molar-refractivity contribution in [2.75, 3.05) is 5.32 Å². The van der Waals surface area contributed by atoms with Crippen molar-refractivity contribution in [1.82, 2.24) is 5.32 Å². The van der Waals surface area contributed by atoms with Gasteiger partial charge < -0.3 is 10.6 Å². The molecule has 4 rings (SSSR count). The van der Waals surface area contributed by atoms with Gasteiger partial charge in [-0.15, -0.1) is 11.3 Å². The summed E-state index contributed by atoms with van der Waals surface area (Å²) in [5, 5.41) is 7.62. The lowest BCUT2D eigenvalue weighted by Gasteiger charge is -2.15. The lowest BCUT2D eigenvalue weighted by atomic mass is 10.0. The molecule has 2 heterocycles. The third-order valence-corrected chi connectivity index (χ3v) is 6.60. The highest BCUT2D eigenvalue weighted by Gasteiger charge is 2.23. The van der Waals surface area contributed by atoms with Crippen molar-refractivity contribution in [3.8, 4) is 0 Å². The number of carbonyl (C=O) groups excluding carboxylic acids is 2. The number of amides is 2. The number of halogens is 3. The van der Waals surface area contributed by atoms with E-state index in [0.29, 0.717) is 31.8 Å². The number of nitrogens with one attached hydrogen (secondary N) is 2. The van der Waals surface area contributed by atoms with E-state index in [2.05, 4.69) is 10.6 Å². The third-order valence-electron chi connectivity index (χ3n) is 4.46. The summed E-state index contributed by atoms with van der Waals surface area (Å²) in [6, 6.07) is 8.77. The first-order valence-corrected chi connectivity index (χ1v) is 10.1. The molecule has 4 nitrogen and oxygen atoms in total. The van der Waals surface area contributed by atoms with Crippen molar-refractivity contribution in [2.24, 2.45) is 0 Å². The monoisotopic (exact) mass is 438 g/mol. The molecule has 1 aliphatic rings. The largest absolute Gasteiger partial charge is 0.345 e. The molecule has 8 heteroatoms. The van der Waals surface area contributed by atoms with Crippen LogP contribution in [-0.2, 0) is 11.2 Å². The second-order valence-corrected chi connectivity index (χ2v) is 8.62. The summed E-state index contributed by atoms with van der Waals surface area (Å²) in [5.41, 5.74) is 2.66. The zero-order valence-electron chi connectivity index (χ0n) is 14.0. The molecule has 1 aliphatic heterocycles. The molecular weight excluding hydrogens is 427 g/mol. The lowest BCUT2D eigenvalue weighted by Crippen LogP contribution is -2.26.